The second kappa shape index (κ2) is 10.1. The molecular weight excluding hydrogens is 461 g/mol. The molecule has 0 unspecified atom stereocenters. The minimum absolute atomic E-state index is 0.0716. The monoisotopic (exact) mass is 489 g/mol. The number of carboxylic acid groups (broad SMARTS) is 1. The van der Waals surface area contributed by atoms with Crippen molar-refractivity contribution in [2.75, 3.05) is 13.1 Å². The summed E-state index contributed by atoms with van der Waals surface area (Å²) in [7, 11) is 0. The van der Waals surface area contributed by atoms with E-state index in [0.717, 1.165) is 43.6 Å². The van der Waals surface area contributed by atoms with Crippen LogP contribution in [-0.2, 0) is 11.3 Å². The molecule has 1 fully saturated rings. The summed E-state index contributed by atoms with van der Waals surface area (Å²) in [5.74, 6) is -1.35. The van der Waals surface area contributed by atoms with Crippen molar-refractivity contribution in [3.63, 3.8) is 0 Å². The first kappa shape index (κ1) is 23.9. The molecule has 8 heteroatoms. The number of nitrogens with zero attached hydrogens (tertiary/aromatic N) is 2. The highest BCUT2D eigenvalue weighted by molar-refractivity contribution is 5.94. The molecule has 2 aliphatic rings. The second-order valence-electron chi connectivity index (χ2n) is 9.48. The van der Waals surface area contributed by atoms with Crippen LogP contribution in [0.15, 0.2) is 60.8 Å². The van der Waals surface area contributed by atoms with Gasteiger partial charge in [-0.25, -0.2) is 4.39 Å². The van der Waals surface area contributed by atoms with Gasteiger partial charge in [0.1, 0.15) is 23.6 Å². The third-order valence-corrected chi connectivity index (χ3v) is 6.93. The van der Waals surface area contributed by atoms with Crippen molar-refractivity contribution in [2.24, 2.45) is 0 Å². The number of piperidine rings is 1. The molecule has 0 spiro atoms. The fourth-order valence-corrected chi connectivity index (χ4v) is 5.01. The Morgan fingerprint density at radius 3 is 2.64 bits per heavy atom. The Hall–Kier alpha value is -3.78. The first-order valence-electron chi connectivity index (χ1n) is 12.1. The molecule has 2 atom stereocenters. The summed E-state index contributed by atoms with van der Waals surface area (Å²) in [6.45, 7) is 4.16. The number of likely N-dealkylation sites (tertiary alicyclic amines) is 1. The first-order valence-corrected chi connectivity index (χ1v) is 12.1. The van der Waals surface area contributed by atoms with Gasteiger partial charge in [0.05, 0.1) is 11.3 Å². The molecule has 186 valence electrons. The van der Waals surface area contributed by atoms with Gasteiger partial charge in [0.2, 0.25) is 0 Å². The number of aliphatic carboxylic acids is 1. The highest BCUT2D eigenvalue weighted by Crippen LogP contribution is 2.39. The number of nitrogens with one attached hydrogen (secondary N) is 1. The molecule has 1 saturated heterocycles. The van der Waals surface area contributed by atoms with Crippen LogP contribution in [0.5, 0.6) is 5.75 Å². The van der Waals surface area contributed by atoms with E-state index in [1.165, 1.54) is 18.3 Å². The lowest BCUT2D eigenvalue weighted by molar-refractivity contribution is -0.140. The van der Waals surface area contributed by atoms with Gasteiger partial charge >= 0.3 is 5.97 Å². The van der Waals surface area contributed by atoms with Gasteiger partial charge in [-0.2, -0.15) is 0 Å². The standard InChI is InChI=1S/C28H28FN3O4/c1-17-26(28(34)35)23-13-18(5-8-25(23)36-17)16-32-11-9-22(10-12-32)31-27(33)20-6-7-24(30-15-20)19-3-2-4-21(29)14-19/h2-8,13-15,17,22,26H,9-12,16H2,1H3,(H,31,33)(H,34,35)/t17-,26-/m0/s1. The molecule has 1 aromatic heterocycles. The van der Waals surface area contributed by atoms with E-state index in [2.05, 4.69) is 15.2 Å². The highest BCUT2D eigenvalue weighted by Gasteiger charge is 2.37. The van der Waals surface area contributed by atoms with Crippen LogP contribution in [0.25, 0.3) is 11.3 Å². The van der Waals surface area contributed by atoms with Crippen LogP contribution in [0.3, 0.4) is 0 Å². The van der Waals surface area contributed by atoms with Gasteiger partial charge in [-0.3, -0.25) is 19.5 Å². The van der Waals surface area contributed by atoms with Crippen LogP contribution >= 0.6 is 0 Å². The summed E-state index contributed by atoms with van der Waals surface area (Å²) in [6.07, 6.45) is 2.79. The van der Waals surface area contributed by atoms with E-state index in [1.807, 2.05) is 18.2 Å². The van der Waals surface area contributed by atoms with Crippen molar-refractivity contribution in [3.05, 3.63) is 83.3 Å². The molecule has 7 nitrogen and oxygen atoms in total. The minimum Gasteiger partial charge on any atom is -0.489 e. The van der Waals surface area contributed by atoms with Crippen LogP contribution in [-0.4, -0.2) is 52.1 Å². The van der Waals surface area contributed by atoms with Gasteiger partial charge in [0, 0.05) is 43.0 Å². The summed E-state index contributed by atoms with van der Waals surface area (Å²) in [6, 6.07) is 15.5. The molecule has 0 saturated carbocycles. The van der Waals surface area contributed by atoms with Crippen molar-refractivity contribution in [3.8, 4) is 17.0 Å². The maximum absolute atomic E-state index is 13.5. The molecule has 1 amide bonds. The predicted octanol–water partition coefficient (Wildman–Crippen LogP) is 4.23. The number of carbonyl (C=O) groups excluding carboxylic acids is 1. The van der Waals surface area contributed by atoms with Gasteiger partial charge in [-0.1, -0.05) is 18.2 Å². The lowest BCUT2D eigenvalue weighted by Crippen LogP contribution is -2.44. The van der Waals surface area contributed by atoms with E-state index in [0.29, 0.717) is 22.6 Å². The smallest absolute Gasteiger partial charge is 0.314 e. The van der Waals surface area contributed by atoms with E-state index in [1.54, 1.807) is 31.2 Å². The molecule has 2 N–H and O–H groups in total. The molecule has 2 aliphatic heterocycles. The zero-order valence-corrected chi connectivity index (χ0v) is 20.0. The number of pyridine rings is 1. The maximum Gasteiger partial charge on any atom is 0.314 e. The largest absolute Gasteiger partial charge is 0.489 e. The quantitative estimate of drug-likeness (QED) is 0.539. The van der Waals surface area contributed by atoms with Crippen molar-refractivity contribution in [1.82, 2.24) is 15.2 Å². The number of carbonyl (C=O) groups is 2. The Morgan fingerprint density at radius 2 is 1.94 bits per heavy atom. The van der Waals surface area contributed by atoms with Crippen molar-refractivity contribution < 1.29 is 23.8 Å². The zero-order valence-electron chi connectivity index (χ0n) is 20.0. The van der Waals surface area contributed by atoms with Crippen molar-refractivity contribution >= 4 is 11.9 Å². The van der Waals surface area contributed by atoms with Crippen LogP contribution in [0.4, 0.5) is 4.39 Å². The molecular formula is C28H28FN3O4. The Morgan fingerprint density at radius 1 is 1.14 bits per heavy atom. The number of halogens is 1. The van der Waals surface area contributed by atoms with E-state index in [-0.39, 0.29) is 23.9 Å². The molecule has 2 aromatic carbocycles. The number of fused-ring (bicyclic) bond motifs is 1. The SMILES string of the molecule is C[C@@H]1Oc2ccc(CN3CCC(NC(=O)c4ccc(-c5cccc(F)c5)nc4)CC3)cc2[C@H]1C(=O)O. The Kier molecular flexibility index (Phi) is 6.69. The first-order chi connectivity index (χ1) is 17.4. The molecule has 3 heterocycles. The van der Waals surface area contributed by atoms with Crippen LogP contribution < -0.4 is 10.1 Å². The maximum atomic E-state index is 13.5. The molecule has 36 heavy (non-hydrogen) atoms. The molecule has 0 bridgehead atoms. The van der Waals surface area contributed by atoms with Gasteiger partial charge in [0.25, 0.3) is 5.91 Å². The molecule has 5 rings (SSSR count). The highest BCUT2D eigenvalue weighted by atomic mass is 19.1. The number of hydrogen-bond donors (Lipinski definition) is 2. The van der Waals surface area contributed by atoms with E-state index in [9.17, 15) is 19.1 Å². The van der Waals surface area contributed by atoms with E-state index in [4.69, 9.17) is 4.74 Å². The van der Waals surface area contributed by atoms with E-state index < -0.39 is 11.9 Å². The summed E-state index contributed by atoms with van der Waals surface area (Å²) in [5, 5.41) is 12.7. The lowest BCUT2D eigenvalue weighted by atomic mass is 9.94. The predicted molar refractivity (Wildman–Crippen MR) is 132 cm³/mol. The fourth-order valence-electron chi connectivity index (χ4n) is 5.01. The summed E-state index contributed by atoms with van der Waals surface area (Å²) >= 11 is 0. The number of hydrogen-bond acceptors (Lipinski definition) is 5. The second-order valence-corrected chi connectivity index (χ2v) is 9.48. The van der Waals surface area contributed by atoms with Crippen LogP contribution in [0.2, 0.25) is 0 Å². The Balaban J connectivity index is 1.14. The number of aromatic nitrogens is 1. The number of rotatable bonds is 6. The van der Waals surface area contributed by atoms with Gasteiger partial charge in [0.15, 0.2) is 0 Å². The number of amides is 1. The number of ether oxygens (including phenoxy) is 1. The normalized spacial score (nSPS) is 19.9. The molecule has 3 aromatic rings. The Labute approximate surface area is 208 Å². The van der Waals surface area contributed by atoms with Crippen molar-refractivity contribution in [2.45, 2.75) is 44.4 Å². The zero-order chi connectivity index (χ0) is 25.2. The third kappa shape index (κ3) is 5.09. The minimum atomic E-state index is -0.867. The third-order valence-electron chi connectivity index (χ3n) is 6.93. The number of benzene rings is 2. The summed E-state index contributed by atoms with van der Waals surface area (Å²) in [5.41, 5.74) is 3.55. The summed E-state index contributed by atoms with van der Waals surface area (Å²) < 4.78 is 19.2. The van der Waals surface area contributed by atoms with Gasteiger partial charge < -0.3 is 15.2 Å². The molecule has 0 aliphatic carbocycles. The molecule has 0 radical (unpaired) electrons. The average molecular weight is 490 g/mol. The Bertz CT molecular complexity index is 1270. The van der Waals surface area contributed by atoms with Crippen LogP contribution in [0, 0.1) is 5.82 Å². The van der Waals surface area contributed by atoms with E-state index >= 15 is 0 Å². The van der Waals surface area contributed by atoms with Crippen LogP contribution in [0.1, 0.15) is 47.2 Å². The van der Waals surface area contributed by atoms with Crippen molar-refractivity contribution in [1.29, 1.82) is 0 Å². The fraction of sp³-hybridized carbons (Fsp3) is 0.321. The topological polar surface area (TPSA) is 91.8 Å². The lowest BCUT2D eigenvalue weighted by Gasteiger charge is -2.32. The average Bonchev–Trinajstić information content (AvgIpc) is 3.20. The van der Waals surface area contributed by atoms with Gasteiger partial charge in [-0.05, 0) is 61.7 Å². The summed E-state index contributed by atoms with van der Waals surface area (Å²) in [4.78, 5) is 31.0. The number of carboxylic acids is 1. The van der Waals surface area contributed by atoms with Gasteiger partial charge in [-0.15, -0.1) is 0 Å².